The van der Waals surface area contributed by atoms with Gasteiger partial charge in [0.15, 0.2) is 5.75 Å². The number of hydrogen-bond acceptors (Lipinski definition) is 3. The van der Waals surface area contributed by atoms with Gasteiger partial charge in [0.05, 0.1) is 5.52 Å². The van der Waals surface area contributed by atoms with Crippen molar-refractivity contribution in [3.05, 3.63) is 58.6 Å². The minimum Gasteiger partial charge on any atom is -0.505 e. The van der Waals surface area contributed by atoms with Crippen molar-refractivity contribution in [3.8, 4) is 17.0 Å². The summed E-state index contributed by atoms with van der Waals surface area (Å²) >= 11 is 5.92. The SMILES string of the molecule is CCC(C)c1cccc2c(C(=O)O)c(O)c(-c3ccc(Cl)cc3)nc12. The minimum atomic E-state index is -1.18. The molecule has 0 saturated carbocycles. The second kappa shape index (κ2) is 6.73. The number of carboxylic acids is 1. The van der Waals surface area contributed by atoms with Gasteiger partial charge in [0.2, 0.25) is 0 Å². The van der Waals surface area contributed by atoms with Gasteiger partial charge in [0.1, 0.15) is 11.3 Å². The van der Waals surface area contributed by atoms with Crippen LogP contribution in [0.3, 0.4) is 0 Å². The number of rotatable bonds is 4. The molecule has 5 heteroatoms. The third-order valence-corrected chi connectivity index (χ3v) is 4.75. The smallest absolute Gasteiger partial charge is 0.340 e. The van der Waals surface area contributed by atoms with Crippen molar-refractivity contribution >= 4 is 28.5 Å². The first-order valence-corrected chi connectivity index (χ1v) is 8.46. The van der Waals surface area contributed by atoms with Crippen LogP contribution in [0.4, 0.5) is 0 Å². The summed E-state index contributed by atoms with van der Waals surface area (Å²) in [4.78, 5) is 16.4. The first-order chi connectivity index (χ1) is 11.9. The Bertz CT molecular complexity index is 951. The van der Waals surface area contributed by atoms with Gasteiger partial charge in [-0.25, -0.2) is 9.78 Å². The maximum absolute atomic E-state index is 11.8. The maximum Gasteiger partial charge on any atom is 0.340 e. The Kier molecular flexibility index (Phi) is 4.64. The van der Waals surface area contributed by atoms with Gasteiger partial charge in [0, 0.05) is 16.0 Å². The Labute approximate surface area is 150 Å². The molecule has 0 spiro atoms. The number of benzene rings is 2. The van der Waals surface area contributed by atoms with Crippen molar-refractivity contribution < 1.29 is 15.0 Å². The summed E-state index contributed by atoms with van der Waals surface area (Å²) in [5, 5.41) is 21.3. The molecule has 0 aliphatic carbocycles. The van der Waals surface area contributed by atoms with E-state index in [-0.39, 0.29) is 22.9 Å². The van der Waals surface area contributed by atoms with Crippen LogP contribution in [-0.2, 0) is 0 Å². The topological polar surface area (TPSA) is 70.4 Å². The summed E-state index contributed by atoms with van der Waals surface area (Å²) < 4.78 is 0. The van der Waals surface area contributed by atoms with Crippen LogP contribution < -0.4 is 0 Å². The fourth-order valence-corrected chi connectivity index (χ4v) is 3.07. The number of aromatic hydroxyl groups is 1. The highest BCUT2D eigenvalue weighted by Gasteiger charge is 2.23. The number of nitrogens with zero attached hydrogens (tertiary/aromatic N) is 1. The van der Waals surface area contributed by atoms with Gasteiger partial charge < -0.3 is 10.2 Å². The van der Waals surface area contributed by atoms with E-state index in [0.29, 0.717) is 21.5 Å². The predicted octanol–water partition coefficient (Wildman–Crippen LogP) is 5.47. The molecule has 4 nitrogen and oxygen atoms in total. The number of fused-ring (bicyclic) bond motifs is 1. The monoisotopic (exact) mass is 355 g/mol. The molecule has 0 aliphatic heterocycles. The summed E-state index contributed by atoms with van der Waals surface area (Å²) in [6, 6.07) is 12.2. The number of aromatic nitrogens is 1. The highest BCUT2D eigenvalue weighted by Crippen LogP contribution is 2.38. The minimum absolute atomic E-state index is 0.125. The van der Waals surface area contributed by atoms with Crippen LogP contribution in [-0.4, -0.2) is 21.2 Å². The fourth-order valence-electron chi connectivity index (χ4n) is 2.94. The third kappa shape index (κ3) is 3.05. The molecule has 0 aliphatic rings. The molecule has 1 aromatic heterocycles. The van der Waals surface area contributed by atoms with Crippen molar-refractivity contribution in [1.29, 1.82) is 0 Å². The van der Waals surface area contributed by atoms with E-state index in [1.54, 1.807) is 36.4 Å². The van der Waals surface area contributed by atoms with Crippen LogP contribution in [0, 0.1) is 0 Å². The lowest BCUT2D eigenvalue weighted by molar-refractivity contribution is 0.0696. The van der Waals surface area contributed by atoms with Gasteiger partial charge in [-0.2, -0.15) is 0 Å². The molecule has 128 valence electrons. The van der Waals surface area contributed by atoms with E-state index in [2.05, 4.69) is 18.8 Å². The summed E-state index contributed by atoms with van der Waals surface area (Å²) in [6.45, 7) is 4.15. The van der Waals surface area contributed by atoms with Crippen molar-refractivity contribution in [1.82, 2.24) is 4.98 Å². The molecule has 2 aromatic carbocycles. The highest BCUT2D eigenvalue weighted by atomic mass is 35.5. The number of aromatic carboxylic acids is 1. The van der Waals surface area contributed by atoms with Gasteiger partial charge >= 0.3 is 5.97 Å². The molecule has 25 heavy (non-hydrogen) atoms. The highest BCUT2D eigenvalue weighted by molar-refractivity contribution is 6.30. The van der Waals surface area contributed by atoms with Gasteiger partial charge in [-0.1, -0.05) is 55.8 Å². The van der Waals surface area contributed by atoms with Crippen molar-refractivity contribution in [2.45, 2.75) is 26.2 Å². The molecule has 0 saturated heterocycles. The second-order valence-corrected chi connectivity index (χ2v) is 6.49. The number of halogens is 1. The Morgan fingerprint density at radius 2 is 1.88 bits per heavy atom. The zero-order chi connectivity index (χ0) is 18.1. The lowest BCUT2D eigenvalue weighted by Crippen LogP contribution is -2.04. The molecular weight excluding hydrogens is 338 g/mol. The average molecular weight is 356 g/mol. The van der Waals surface area contributed by atoms with E-state index in [4.69, 9.17) is 11.6 Å². The molecule has 1 unspecified atom stereocenters. The van der Waals surface area contributed by atoms with Crippen molar-refractivity contribution in [2.75, 3.05) is 0 Å². The molecule has 0 bridgehead atoms. The average Bonchev–Trinajstić information content (AvgIpc) is 2.60. The maximum atomic E-state index is 11.8. The number of pyridine rings is 1. The van der Waals surface area contributed by atoms with Crippen LogP contribution in [0.15, 0.2) is 42.5 Å². The largest absolute Gasteiger partial charge is 0.505 e. The second-order valence-electron chi connectivity index (χ2n) is 6.05. The van der Waals surface area contributed by atoms with E-state index >= 15 is 0 Å². The van der Waals surface area contributed by atoms with Gasteiger partial charge in [-0.05, 0) is 30.0 Å². The lowest BCUT2D eigenvalue weighted by atomic mass is 9.93. The molecule has 0 fully saturated rings. The predicted molar refractivity (Wildman–Crippen MR) is 99.5 cm³/mol. The van der Waals surface area contributed by atoms with E-state index in [1.807, 2.05) is 6.07 Å². The molecule has 0 amide bonds. The Morgan fingerprint density at radius 3 is 2.48 bits per heavy atom. The first-order valence-electron chi connectivity index (χ1n) is 8.08. The quantitative estimate of drug-likeness (QED) is 0.650. The first kappa shape index (κ1) is 17.2. The molecule has 3 aromatic rings. The normalized spacial score (nSPS) is 12.3. The van der Waals surface area contributed by atoms with E-state index in [1.165, 1.54) is 0 Å². The van der Waals surface area contributed by atoms with Crippen LogP contribution >= 0.6 is 11.6 Å². The molecule has 1 heterocycles. The zero-order valence-electron chi connectivity index (χ0n) is 14.0. The summed E-state index contributed by atoms with van der Waals surface area (Å²) in [5.41, 5.74) is 2.32. The number of para-hydroxylation sites is 1. The van der Waals surface area contributed by atoms with Crippen LogP contribution in [0.2, 0.25) is 5.02 Å². The van der Waals surface area contributed by atoms with Crippen LogP contribution in [0.5, 0.6) is 5.75 Å². The van der Waals surface area contributed by atoms with Gasteiger partial charge in [-0.15, -0.1) is 0 Å². The molecular formula is C20H18ClNO3. The van der Waals surface area contributed by atoms with E-state index in [0.717, 1.165) is 12.0 Å². The number of hydrogen-bond donors (Lipinski definition) is 2. The third-order valence-electron chi connectivity index (χ3n) is 4.50. The number of carboxylic acid groups (broad SMARTS) is 1. The lowest BCUT2D eigenvalue weighted by Gasteiger charge is -2.16. The van der Waals surface area contributed by atoms with Gasteiger partial charge in [-0.3, -0.25) is 0 Å². The Hall–Kier alpha value is -2.59. The standard InChI is InChI=1S/C20H18ClNO3/c1-3-11(2)14-5-4-6-15-16(20(24)25)19(23)17(22-18(14)15)12-7-9-13(21)10-8-12/h4-11,23H,3H2,1-2H3,(H,24,25). The zero-order valence-corrected chi connectivity index (χ0v) is 14.7. The Morgan fingerprint density at radius 1 is 1.20 bits per heavy atom. The van der Waals surface area contributed by atoms with Gasteiger partial charge in [0.25, 0.3) is 0 Å². The van der Waals surface area contributed by atoms with E-state index in [9.17, 15) is 15.0 Å². The number of carbonyl (C=O) groups is 1. The van der Waals surface area contributed by atoms with Crippen molar-refractivity contribution in [2.24, 2.45) is 0 Å². The fraction of sp³-hybridized carbons (Fsp3) is 0.200. The Balaban J connectivity index is 2.40. The summed E-state index contributed by atoms with van der Waals surface area (Å²) in [5.74, 6) is -1.29. The molecule has 0 radical (unpaired) electrons. The van der Waals surface area contributed by atoms with Crippen LogP contribution in [0.25, 0.3) is 22.2 Å². The van der Waals surface area contributed by atoms with E-state index < -0.39 is 5.97 Å². The summed E-state index contributed by atoms with van der Waals surface area (Å²) in [6.07, 6.45) is 0.903. The molecule has 2 N–H and O–H groups in total. The van der Waals surface area contributed by atoms with Crippen molar-refractivity contribution in [3.63, 3.8) is 0 Å². The molecule has 3 rings (SSSR count). The van der Waals surface area contributed by atoms with Crippen LogP contribution in [0.1, 0.15) is 42.1 Å². The summed E-state index contributed by atoms with van der Waals surface area (Å²) in [7, 11) is 0. The molecule has 1 atom stereocenters.